The highest BCUT2D eigenvalue weighted by atomic mass is 14.9. The second kappa shape index (κ2) is 5.62. The molecule has 1 aromatic rings. The van der Waals surface area contributed by atoms with E-state index in [1.54, 1.807) is 0 Å². The standard InChI is InChI=1S/C17H26N2/c1-3-10-18-17(13-9-8-12(2)19-11-13)16-14-6-4-5-7-15(14)16/h8-9,11,14-18H,3-7,10H2,1-2H3. The largest absolute Gasteiger partial charge is 0.310 e. The molecule has 0 aromatic carbocycles. The number of nitrogens with zero attached hydrogens (tertiary/aromatic N) is 1. The van der Waals surface area contributed by atoms with Gasteiger partial charge in [0, 0.05) is 17.9 Å². The molecule has 2 aliphatic rings. The molecule has 19 heavy (non-hydrogen) atoms. The van der Waals surface area contributed by atoms with E-state index < -0.39 is 0 Å². The zero-order valence-corrected chi connectivity index (χ0v) is 12.2. The van der Waals surface area contributed by atoms with Gasteiger partial charge < -0.3 is 5.32 Å². The van der Waals surface area contributed by atoms with E-state index in [0.29, 0.717) is 6.04 Å². The van der Waals surface area contributed by atoms with Crippen molar-refractivity contribution >= 4 is 0 Å². The molecule has 3 rings (SSSR count). The minimum atomic E-state index is 0.543. The summed E-state index contributed by atoms with van der Waals surface area (Å²) >= 11 is 0. The summed E-state index contributed by atoms with van der Waals surface area (Å²) in [5, 5.41) is 3.78. The summed E-state index contributed by atoms with van der Waals surface area (Å²) in [6, 6.07) is 4.98. The Labute approximate surface area is 117 Å². The van der Waals surface area contributed by atoms with E-state index in [0.717, 1.165) is 30.0 Å². The van der Waals surface area contributed by atoms with E-state index in [-0.39, 0.29) is 0 Å². The minimum Gasteiger partial charge on any atom is -0.310 e. The van der Waals surface area contributed by atoms with Crippen molar-refractivity contribution < 1.29 is 0 Å². The van der Waals surface area contributed by atoms with Crippen LogP contribution in [0.25, 0.3) is 0 Å². The van der Waals surface area contributed by atoms with Gasteiger partial charge in [-0.3, -0.25) is 4.98 Å². The lowest BCUT2D eigenvalue weighted by Crippen LogP contribution is -2.25. The molecule has 2 heteroatoms. The molecular formula is C17H26N2. The first-order chi connectivity index (χ1) is 9.31. The van der Waals surface area contributed by atoms with Crippen LogP contribution in [0.1, 0.15) is 56.3 Å². The van der Waals surface area contributed by atoms with Gasteiger partial charge in [-0.05, 0) is 62.1 Å². The maximum Gasteiger partial charge on any atom is 0.0372 e. The second-order valence-corrected chi connectivity index (χ2v) is 6.35. The number of pyridine rings is 1. The third-order valence-electron chi connectivity index (χ3n) is 5.02. The summed E-state index contributed by atoms with van der Waals surface area (Å²) in [5.74, 6) is 2.85. The molecule has 3 atom stereocenters. The molecule has 3 unspecified atom stereocenters. The topological polar surface area (TPSA) is 24.9 Å². The van der Waals surface area contributed by atoms with Gasteiger partial charge in [0.2, 0.25) is 0 Å². The zero-order valence-electron chi connectivity index (χ0n) is 12.2. The van der Waals surface area contributed by atoms with Crippen LogP contribution in [-0.4, -0.2) is 11.5 Å². The van der Waals surface area contributed by atoms with Crippen LogP contribution in [0.5, 0.6) is 0 Å². The molecule has 2 aliphatic carbocycles. The Morgan fingerprint density at radius 1 is 1.26 bits per heavy atom. The average molecular weight is 258 g/mol. The first-order valence-corrected chi connectivity index (χ1v) is 7.97. The Morgan fingerprint density at radius 3 is 2.58 bits per heavy atom. The van der Waals surface area contributed by atoms with Gasteiger partial charge in [0.1, 0.15) is 0 Å². The molecule has 0 amide bonds. The van der Waals surface area contributed by atoms with Crippen molar-refractivity contribution in [3.8, 4) is 0 Å². The third-order valence-corrected chi connectivity index (χ3v) is 5.02. The van der Waals surface area contributed by atoms with Crippen molar-refractivity contribution in [3.63, 3.8) is 0 Å². The van der Waals surface area contributed by atoms with Crippen LogP contribution in [0.3, 0.4) is 0 Å². The maximum absolute atomic E-state index is 4.50. The van der Waals surface area contributed by atoms with Crippen LogP contribution in [0, 0.1) is 24.7 Å². The quantitative estimate of drug-likeness (QED) is 0.867. The van der Waals surface area contributed by atoms with E-state index in [2.05, 4.69) is 42.5 Å². The lowest BCUT2D eigenvalue weighted by molar-refractivity contribution is 0.444. The lowest BCUT2D eigenvalue weighted by atomic mass is 10.0. The second-order valence-electron chi connectivity index (χ2n) is 6.35. The van der Waals surface area contributed by atoms with Crippen molar-refractivity contribution in [1.29, 1.82) is 0 Å². The summed E-state index contributed by atoms with van der Waals surface area (Å²) in [4.78, 5) is 4.50. The van der Waals surface area contributed by atoms with Crippen molar-refractivity contribution in [2.45, 2.75) is 52.0 Å². The summed E-state index contributed by atoms with van der Waals surface area (Å²) in [6.07, 6.45) is 9.11. The van der Waals surface area contributed by atoms with E-state index in [9.17, 15) is 0 Å². The Balaban J connectivity index is 1.76. The molecule has 0 saturated heterocycles. The third kappa shape index (κ3) is 2.69. The van der Waals surface area contributed by atoms with Crippen molar-refractivity contribution in [1.82, 2.24) is 10.3 Å². The number of hydrogen-bond donors (Lipinski definition) is 1. The maximum atomic E-state index is 4.50. The van der Waals surface area contributed by atoms with E-state index in [1.165, 1.54) is 37.7 Å². The van der Waals surface area contributed by atoms with E-state index in [4.69, 9.17) is 0 Å². The van der Waals surface area contributed by atoms with Gasteiger partial charge in [-0.25, -0.2) is 0 Å². The minimum absolute atomic E-state index is 0.543. The molecule has 1 N–H and O–H groups in total. The molecular weight excluding hydrogens is 232 g/mol. The van der Waals surface area contributed by atoms with Crippen LogP contribution in [-0.2, 0) is 0 Å². The molecule has 1 heterocycles. The Hall–Kier alpha value is -0.890. The van der Waals surface area contributed by atoms with Gasteiger partial charge in [0.05, 0.1) is 0 Å². The SMILES string of the molecule is CCCNC(c1ccc(C)nc1)C1C2CCCCC21. The fourth-order valence-corrected chi connectivity index (χ4v) is 3.98. The summed E-state index contributed by atoms with van der Waals surface area (Å²) in [5.41, 5.74) is 2.52. The van der Waals surface area contributed by atoms with Gasteiger partial charge in [0.15, 0.2) is 0 Å². The Kier molecular flexibility index (Phi) is 3.88. The predicted octanol–water partition coefficient (Wildman–Crippen LogP) is 3.87. The monoisotopic (exact) mass is 258 g/mol. The number of aryl methyl sites for hydroxylation is 1. The number of aromatic nitrogens is 1. The number of fused-ring (bicyclic) bond motifs is 1. The van der Waals surface area contributed by atoms with E-state index in [1.807, 2.05) is 0 Å². The zero-order chi connectivity index (χ0) is 13.2. The van der Waals surface area contributed by atoms with Crippen LogP contribution in [0.15, 0.2) is 18.3 Å². The number of nitrogens with one attached hydrogen (secondary N) is 1. The lowest BCUT2D eigenvalue weighted by Gasteiger charge is -2.19. The summed E-state index contributed by atoms with van der Waals surface area (Å²) in [6.45, 7) is 5.43. The Morgan fingerprint density at radius 2 is 2.00 bits per heavy atom. The summed E-state index contributed by atoms with van der Waals surface area (Å²) in [7, 11) is 0. The highest BCUT2D eigenvalue weighted by Crippen LogP contribution is 2.60. The van der Waals surface area contributed by atoms with Crippen molar-refractivity contribution in [3.05, 3.63) is 29.6 Å². The Bertz CT molecular complexity index is 400. The molecule has 2 nitrogen and oxygen atoms in total. The van der Waals surface area contributed by atoms with Crippen molar-refractivity contribution in [2.24, 2.45) is 17.8 Å². The van der Waals surface area contributed by atoms with Crippen LogP contribution < -0.4 is 5.32 Å². The van der Waals surface area contributed by atoms with Crippen LogP contribution >= 0.6 is 0 Å². The molecule has 104 valence electrons. The highest BCUT2D eigenvalue weighted by molar-refractivity contribution is 5.22. The first kappa shape index (κ1) is 13.1. The van der Waals surface area contributed by atoms with Gasteiger partial charge >= 0.3 is 0 Å². The first-order valence-electron chi connectivity index (χ1n) is 7.97. The number of rotatable bonds is 5. The van der Waals surface area contributed by atoms with Crippen molar-refractivity contribution in [2.75, 3.05) is 6.54 Å². The normalized spacial score (nSPS) is 30.7. The molecule has 0 aliphatic heterocycles. The van der Waals surface area contributed by atoms with Crippen LogP contribution in [0.2, 0.25) is 0 Å². The molecule has 1 aromatic heterocycles. The van der Waals surface area contributed by atoms with Gasteiger partial charge in [0.25, 0.3) is 0 Å². The van der Waals surface area contributed by atoms with Gasteiger partial charge in [-0.2, -0.15) is 0 Å². The fourth-order valence-electron chi connectivity index (χ4n) is 3.98. The summed E-state index contributed by atoms with van der Waals surface area (Å²) < 4.78 is 0. The molecule has 2 saturated carbocycles. The van der Waals surface area contributed by atoms with E-state index >= 15 is 0 Å². The highest BCUT2D eigenvalue weighted by Gasteiger charge is 2.54. The smallest absolute Gasteiger partial charge is 0.0372 e. The molecule has 0 radical (unpaired) electrons. The molecule has 2 fully saturated rings. The number of hydrogen-bond acceptors (Lipinski definition) is 2. The van der Waals surface area contributed by atoms with Gasteiger partial charge in [-0.15, -0.1) is 0 Å². The fraction of sp³-hybridized carbons (Fsp3) is 0.706. The van der Waals surface area contributed by atoms with Gasteiger partial charge in [-0.1, -0.05) is 25.8 Å². The van der Waals surface area contributed by atoms with Crippen LogP contribution in [0.4, 0.5) is 0 Å². The molecule has 0 spiro atoms. The predicted molar refractivity (Wildman–Crippen MR) is 78.9 cm³/mol. The average Bonchev–Trinajstić information content (AvgIpc) is 3.16. The molecule has 0 bridgehead atoms.